The maximum Gasteiger partial charge on any atom is 0.225 e. The number of hydrogen-bond acceptors (Lipinski definition) is 3. The fourth-order valence-electron chi connectivity index (χ4n) is 4.91. The summed E-state index contributed by atoms with van der Waals surface area (Å²) >= 11 is 0. The molecule has 1 saturated carbocycles. The van der Waals surface area contributed by atoms with E-state index in [0.717, 1.165) is 51.6 Å². The second-order valence-electron chi connectivity index (χ2n) is 8.41. The zero-order valence-electron chi connectivity index (χ0n) is 15.5. The van der Waals surface area contributed by atoms with Gasteiger partial charge in [-0.15, -0.1) is 0 Å². The standard InChI is InChI=1S/C20H34N2O2/c1-15(2)19(23)16-5-7-17(8-6-16)20(24)22-13-9-18(10-14-22)21-11-3-4-12-21/h15-18H,3-14H2,1-2H3. The Hall–Kier alpha value is -0.900. The van der Waals surface area contributed by atoms with E-state index in [1.165, 1.54) is 25.9 Å². The van der Waals surface area contributed by atoms with Gasteiger partial charge in [0, 0.05) is 36.9 Å². The summed E-state index contributed by atoms with van der Waals surface area (Å²) in [6, 6.07) is 0.705. The number of nitrogens with zero attached hydrogens (tertiary/aromatic N) is 2. The number of piperidine rings is 1. The van der Waals surface area contributed by atoms with Crippen LogP contribution >= 0.6 is 0 Å². The van der Waals surface area contributed by atoms with Crippen LogP contribution in [0.15, 0.2) is 0 Å². The SMILES string of the molecule is CC(C)C(=O)C1CCC(C(=O)N2CCC(N3CCCC3)CC2)CC1. The fraction of sp³-hybridized carbons (Fsp3) is 0.900. The number of likely N-dealkylation sites (tertiary alicyclic amines) is 2. The average molecular weight is 335 g/mol. The molecule has 0 aromatic heterocycles. The van der Waals surface area contributed by atoms with Gasteiger partial charge in [-0.1, -0.05) is 13.8 Å². The molecule has 0 atom stereocenters. The monoisotopic (exact) mass is 334 g/mol. The van der Waals surface area contributed by atoms with Crippen molar-refractivity contribution in [2.45, 2.75) is 71.3 Å². The first-order valence-corrected chi connectivity index (χ1v) is 10.1. The van der Waals surface area contributed by atoms with E-state index in [1.807, 2.05) is 13.8 Å². The van der Waals surface area contributed by atoms with E-state index in [1.54, 1.807) is 0 Å². The molecule has 24 heavy (non-hydrogen) atoms. The molecule has 136 valence electrons. The van der Waals surface area contributed by atoms with Crippen LogP contribution in [0.3, 0.4) is 0 Å². The quantitative estimate of drug-likeness (QED) is 0.793. The normalized spacial score (nSPS) is 30.0. The summed E-state index contributed by atoms with van der Waals surface area (Å²) in [6.07, 6.45) is 8.63. The Kier molecular flexibility index (Phi) is 5.96. The summed E-state index contributed by atoms with van der Waals surface area (Å²) in [4.78, 5) is 29.7. The van der Waals surface area contributed by atoms with Crippen molar-refractivity contribution in [1.82, 2.24) is 9.80 Å². The van der Waals surface area contributed by atoms with E-state index in [4.69, 9.17) is 0 Å². The van der Waals surface area contributed by atoms with E-state index in [2.05, 4.69) is 9.80 Å². The van der Waals surface area contributed by atoms with Gasteiger partial charge >= 0.3 is 0 Å². The van der Waals surface area contributed by atoms with Gasteiger partial charge in [-0.05, 0) is 64.5 Å². The van der Waals surface area contributed by atoms with Crippen LogP contribution in [-0.2, 0) is 9.59 Å². The van der Waals surface area contributed by atoms with Crippen molar-refractivity contribution in [2.75, 3.05) is 26.2 Å². The van der Waals surface area contributed by atoms with Gasteiger partial charge in [0.15, 0.2) is 0 Å². The number of Topliss-reactive ketones (excluding diaryl/α,β-unsaturated/α-hetero) is 1. The summed E-state index contributed by atoms with van der Waals surface area (Å²) in [5, 5.41) is 0. The Morgan fingerprint density at radius 1 is 0.792 bits per heavy atom. The van der Waals surface area contributed by atoms with Crippen molar-refractivity contribution in [2.24, 2.45) is 17.8 Å². The van der Waals surface area contributed by atoms with Gasteiger partial charge in [-0.3, -0.25) is 9.59 Å². The van der Waals surface area contributed by atoms with E-state index in [0.29, 0.717) is 17.7 Å². The molecule has 4 nitrogen and oxygen atoms in total. The number of hydrogen-bond donors (Lipinski definition) is 0. The Balaban J connectivity index is 1.44. The highest BCUT2D eigenvalue weighted by molar-refractivity contribution is 5.83. The van der Waals surface area contributed by atoms with Crippen LogP contribution in [0.1, 0.15) is 65.2 Å². The van der Waals surface area contributed by atoms with Gasteiger partial charge in [-0.2, -0.15) is 0 Å². The Morgan fingerprint density at radius 3 is 1.88 bits per heavy atom. The van der Waals surface area contributed by atoms with Crippen LogP contribution in [0, 0.1) is 17.8 Å². The van der Waals surface area contributed by atoms with Gasteiger partial charge in [0.05, 0.1) is 0 Å². The molecule has 0 N–H and O–H groups in total. The van der Waals surface area contributed by atoms with E-state index in [9.17, 15) is 9.59 Å². The molecule has 3 aliphatic rings. The Bertz CT molecular complexity index is 441. The lowest BCUT2D eigenvalue weighted by Gasteiger charge is -2.39. The maximum absolute atomic E-state index is 12.8. The molecule has 1 aliphatic carbocycles. The van der Waals surface area contributed by atoms with Crippen molar-refractivity contribution in [3.05, 3.63) is 0 Å². The van der Waals surface area contributed by atoms with Crippen molar-refractivity contribution >= 4 is 11.7 Å². The Morgan fingerprint density at radius 2 is 1.33 bits per heavy atom. The topological polar surface area (TPSA) is 40.6 Å². The third-order valence-electron chi connectivity index (χ3n) is 6.48. The molecule has 1 amide bonds. The second kappa shape index (κ2) is 7.99. The van der Waals surface area contributed by atoms with Crippen LogP contribution < -0.4 is 0 Å². The van der Waals surface area contributed by atoms with E-state index < -0.39 is 0 Å². The molecule has 0 aromatic rings. The van der Waals surface area contributed by atoms with Crippen molar-refractivity contribution < 1.29 is 9.59 Å². The van der Waals surface area contributed by atoms with Crippen LogP contribution in [0.4, 0.5) is 0 Å². The Labute approximate surface area is 146 Å². The van der Waals surface area contributed by atoms with Crippen LogP contribution in [0.25, 0.3) is 0 Å². The predicted octanol–water partition coefficient (Wildman–Crippen LogP) is 3.10. The summed E-state index contributed by atoms with van der Waals surface area (Å²) < 4.78 is 0. The van der Waals surface area contributed by atoms with E-state index in [-0.39, 0.29) is 17.8 Å². The molecule has 4 heteroatoms. The summed E-state index contributed by atoms with van der Waals surface area (Å²) in [7, 11) is 0. The zero-order chi connectivity index (χ0) is 17.1. The minimum atomic E-state index is 0.131. The average Bonchev–Trinajstić information content (AvgIpc) is 3.15. The summed E-state index contributed by atoms with van der Waals surface area (Å²) in [5.41, 5.74) is 0. The number of rotatable bonds is 4. The number of carbonyl (C=O) groups is 2. The number of ketones is 1. The molecule has 2 heterocycles. The zero-order valence-corrected chi connectivity index (χ0v) is 15.5. The van der Waals surface area contributed by atoms with Crippen molar-refractivity contribution in [3.63, 3.8) is 0 Å². The lowest BCUT2D eigenvalue weighted by Crippen LogP contribution is -2.48. The first kappa shape index (κ1) is 17.9. The van der Waals surface area contributed by atoms with Crippen LogP contribution in [-0.4, -0.2) is 53.7 Å². The van der Waals surface area contributed by atoms with Crippen molar-refractivity contribution in [1.29, 1.82) is 0 Å². The summed E-state index contributed by atoms with van der Waals surface area (Å²) in [6.45, 7) is 8.36. The molecule has 2 saturated heterocycles. The van der Waals surface area contributed by atoms with E-state index >= 15 is 0 Å². The molecular formula is C20H34N2O2. The van der Waals surface area contributed by atoms with Gasteiger partial charge < -0.3 is 9.80 Å². The molecule has 0 radical (unpaired) electrons. The van der Waals surface area contributed by atoms with Gasteiger partial charge in [0.25, 0.3) is 0 Å². The highest BCUT2D eigenvalue weighted by Gasteiger charge is 2.34. The number of amides is 1. The molecule has 0 unspecified atom stereocenters. The molecular weight excluding hydrogens is 300 g/mol. The highest BCUT2D eigenvalue weighted by Crippen LogP contribution is 2.33. The molecule has 0 spiro atoms. The van der Waals surface area contributed by atoms with Crippen molar-refractivity contribution in [3.8, 4) is 0 Å². The first-order valence-electron chi connectivity index (χ1n) is 10.1. The minimum Gasteiger partial charge on any atom is -0.342 e. The second-order valence-corrected chi connectivity index (χ2v) is 8.41. The summed E-state index contributed by atoms with van der Waals surface area (Å²) in [5.74, 6) is 1.27. The third kappa shape index (κ3) is 4.01. The van der Waals surface area contributed by atoms with Gasteiger partial charge in [0.1, 0.15) is 5.78 Å². The predicted molar refractivity (Wildman–Crippen MR) is 95.7 cm³/mol. The smallest absolute Gasteiger partial charge is 0.225 e. The van der Waals surface area contributed by atoms with Crippen LogP contribution in [0.5, 0.6) is 0 Å². The fourth-order valence-corrected chi connectivity index (χ4v) is 4.91. The third-order valence-corrected chi connectivity index (χ3v) is 6.48. The molecule has 0 aromatic carbocycles. The lowest BCUT2D eigenvalue weighted by molar-refractivity contribution is -0.139. The van der Waals surface area contributed by atoms with Gasteiger partial charge in [-0.25, -0.2) is 0 Å². The number of carbonyl (C=O) groups excluding carboxylic acids is 2. The minimum absolute atomic E-state index is 0.131. The molecule has 0 bridgehead atoms. The lowest BCUT2D eigenvalue weighted by atomic mass is 9.77. The molecule has 3 rings (SSSR count). The van der Waals surface area contributed by atoms with Crippen LogP contribution in [0.2, 0.25) is 0 Å². The first-order chi connectivity index (χ1) is 11.6. The van der Waals surface area contributed by atoms with Gasteiger partial charge in [0.2, 0.25) is 5.91 Å². The highest BCUT2D eigenvalue weighted by atomic mass is 16.2. The molecule has 2 aliphatic heterocycles. The maximum atomic E-state index is 12.8. The molecule has 3 fully saturated rings. The largest absolute Gasteiger partial charge is 0.342 e.